The molecule has 0 aliphatic rings. The summed E-state index contributed by atoms with van der Waals surface area (Å²) in [5, 5.41) is 10.1. The van der Waals surface area contributed by atoms with Gasteiger partial charge in [-0.25, -0.2) is 9.97 Å². The maximum Gasteiger partial charge on any atom is 0.227 e. The van der Waals surface area contributed by atoms with Gasteiger partial charge in [0.05, 0.1) is 11.0 Å². The van der Waals surface area contributed by atoms with Crippen LogP contribution in [0.4, 0.5) is 0 Å². The Morgan fingerprint density at radius 2 is 0.741 bits per heavy atom. The summed E-state index contributed by atoms with van der Waals surface area (Å²) in [5.74, 6) is 1.25. The molecule has 0 radical (unpaired) electrons. The first-order valence-corrected chi connectivity index (χ1v) is 19.8. The number of fused-ring (bicyclic) bond motifs is 13. The molecule has 8 aromatic carbocycles. The van der Waals surface area contributed by atoms with Crippen LogP contribution >= 0.6 is 0 Å². The van der Waals surface area contributed by atoms with Crippen LogP contribution in [0.2, 0.25) is 0 Å². The molecule has 6 nitrogen and oxygen atoms in total. The van der Waals surface area contributed by atoms with Crippen LogP contribution in [0.3, 0.4) is 0 Å². The molecule has 4 aromatic heterocycles. The zero-order valence-electron chi connectivity index (χ0n) is 32.5. The second kappa shape index (κ2) is 12.0. The fourth-order valence-corrected chi connectivity index (χ4v) is 9.48. The molecule has 276 valence electrons. The van der Waals surface area contributed by atoms with Gasteiger partial charge in [0.25, 0.3) is 0 Å². The van der Waals surface area contributed by atoms with Gasteiger partial charge in [0, 0.05) is 66.2 Å². The van der Waals surface area contributed by atoms with E-state index in [4.69, 9.17) is 18.8 Å². The van der Waals surface area contributed by atoms with Gasteiger partial charge in [-0.15, -0.1) is 0 Å². The Morgan fingerprint density at radius 3 is 1.14 bits per heavy atom. The first-order chi connectivity index (χ1) is 28.4. The monoisotopic (exact) mass is 748 g/mol. The molecule has 0 atom stereocenters. The van der Waals surface area contributed by atoms with Crippen LogP contribution in [0.15, 0.2) is 154 Å². The van der Waals surface area contributed by atoms with Crippen LogP contribution in [-0.4, -0.2) is 19.1 Å². The zero-order chi connectivity index (χ0) is 38.8. The molecular formula is C52H36N4O2. The van der Waals surface area contributed by atoms with Crippen molar-refractivity contribution in [2.75, 3.05) is 0 Å². The molecule has 0 bridgehead atoms. The first-order valence-electron chi connectivity index (χ1n) is 19.8. The van der Waals surface area contributed by atoms with E-state index in [9.17, 15) is 0 Å². The Balaban J connectivity index is 1.11. The molecular weight excluding hydrogens is 713 g/mol. The molecule has 12 aromatic rings. The highest BCUT2D eigenvalue weighted by atomic mass is 16.4. The quantitative estimate of drug-likeness (QED) is 0.168. The number of para-hydroxylation sites is 4. The number of nitrogens with zero attached hydrogens (tertiary/aromatic N) is 4. The van der Waals surface area contributed by atoms with Crippen molar-refractivity contribution in [3.63, 3.8) is 0 Å². The minimum Gasteiger partial charge on any atom is -0.436 e. The predicted molar refractivity (Wildman–Crippen MR) is 238 cm³/mol. The lowest BCUT2D eigenvalue weighted by Crippen LogP contribution is -1.98. The predicted octanol–water partition coefficient (Wildman–Crippen LogP) is 13.9. The Bertz CT molecular complexity index is 3340. The molecule has 0 saturated heterocycles. The number of benzene rings is 8. The number of hydrogen-bond donors (Lipinski definition) is 0. The largest absolute Gasteiger partial charge is 0.436 e. The number of hydrogen-bond acceptors (Lipinski definition) is 4. The van der Waals surface area contributed by atoms with E-state index in [1.807, 2.05) is 48.5 Å². The summed E-state index contributed by atoms with van der Waals surface area (Å²) in [4.78, 5) is 9.52. The highest BCUT2D eigenvalue weighted by Crippen LogP contribution is 2.49. The number of oxazole rings is 2. The molecule has 0 aliphatic carbocycles. The fourth-order valence-electron chi connectivity index (χ4n) is 9.48. The molecule has 0 unspecified atom stereocenters. The lowest BCUT2D eigenvalue weighted by molar-refractivity contribution is 0.619. The van der Waals surface area contributed by atoms with Crippen LogP contribution in [0.25, 0.3) is 111 Å². The second-order valence-electron chi connectivity index (χ2n) is 15.4. The molecule has 0 fully saturated rings. The van der Waals surface area contributed by atoms with Crippen LogP contribution < -0.4 is 0 Å². The van der Waals surface area contributed by atoms with Crippen molar-refractivity contribution < 1.29 is 8.83 Å². The van der Waals surface area contributed by atoms with Crippen molar-refractivity contribution in [1.29, 1.82) is 0 Å². The Morgan fingerprint density at radius 1 is 0.379 bits per heavy atom. The Hall–Kier alpha value is -7.44. The molecule has 6 heteroatoms. The summed E-state index contributed by atoms with van der Waals surface area (Å²) in [7, 11) is 0. The molecule has 0 N–H and O–H groups in total. The maximum atomic E-state index is 6.14. The summed E-state index contributed by atoms with van der Waals surface area (Å²) in [6, 6.07) is 51.0. The molecule has 4 heterocycles. The van der Waals surface area contributed by atoms with Gasteiger partial charge >= 0.3 is 0 Å². The third-order valence-electron chi connectivity index (χ3n) is 12.4. The molecule has 58 heavy (non-hydrogen) atoms. The SMILES string of the molecule is Cc1c(C)n(-c2ccc(-c3nc4ccccc4o3)cc2)c2c3ccccc3c3c4c(C)c(C)n(-c5ccc(-c6nc7ccccc7o6)cc5)c4c4ccccc4c3c12. The second-order valence-corrected chi connectivity index (χ2v) is 15.4. The Kier molecular flexibility index (Phi) is 6.80. The van der Waals surface area contributed by atoms with Crippen LogP contribution in [0, 0.1) is 27.7 Å². The van der Waals surface area contributed by atoms with E-state index in [0.717, 1.165) is 44.7 Å². The lowest BCUT2D eigenvalue weighted by atomic mass is 9.89. The summed E-state index contributed by atoms with van der Waals surface area (Å²) in [6.45, 7) is 9.08. The van der Waals surface area contributed by atoms with Crippen molar-refractivity contribution >= 4 is 76.3 Å². The van der Waals surface area contributed by atoms with Gasteiger partial charge in [0.15, 0.2) is 11.2 Å². The smallest absolute Gasteiger partial charge is 0.227 e. The average molecular weight is 749 g/mol. The van der Waals surface area contributed by atoms with Crippen LogP contribution in [-0.2, 0) is 0 Å². The van der Waals surface area contributed by atoms with Crippen molar-refractivity contribution in [3.05, 3.63) is 168 Å². The number of aromatic nitrogens is 4. The van der Waals surface area contributed by atoms with E-state index in [2.05, 4.69) is 134 Å². The van der Waals surface area contributed by atoms with Gasteiger partial charge in [-0.05, 0) is 122 Å². The summed E-state index contributed by atoms with van der Waals surface area (Å²) in [6.07, 6.45) is 0. The van der Waals surface area contributed by atoms with E-state index in [-0.39, 0.29) is 0 Å². The molecule has 0 amide bonds. The van der Waals surface area contributed by atoms with Gasteiger partial charge < -0.3 is 18.0 Å². The van der Waals surface area contributed by atoms with E-state index >= 15 is 0 Å². The molecule has 0 saturated carbocycles. The first kappa shape index (κ1) is 32.8. The van der Waals surface area contributed by atoms with Crippen LogP contribution in [0.1, 0.15) is 22.5 Å². The highest BCUT2D eigenvalue weighted by molar-refractivity contribution is 6.40. The van der Waals surface area contributed by atoms with Gasteiger partial charge in [-0.3, -0.25) is 0 Å². The standard InChI is InChI=1S/C52H36N4O2/c1-29-31(3)55(35-25-21-33(22-26-35)51-53-41-17-9-11-19-43(41)57-51)49-39-15-7-6-14-38(39)48-46-30(2)32(4)56(50(46)40-16-8-5-13-37(40)47(48)45(29)49)36-27-23-34(24-28-36)52-54-42-18-10-12-20-44(42)58-52/h5-28H,1-4H3. The fraction of sp³-hybridized carbons (Fsp3) is 0.0769. The average Bonchev–Trinajstić information content (AvgIpc) is 4.03. The lowest BCUT2D eigenvalue weighted by Gasteiger charge is -2.17. The van der Waals surface area contributed by atoms with Gasteiger partial charge in [0.2, 0.25) is 11.8 Å². The van der Waals surface area contributed by atoms with E-state index in [1.165, 1.54) is 76.6 Å². The van der Waals surface area contributed by atoms with E-state index < -0.39 is 0 Å². The number of rotatable bonds is 4. The topological polar surface area (TPSA) is 61.9 Å². The minimum absolute atomic E-state index is 0.627. The number of aryl methyl sites for hydroxylation is 2. The minimum atomic E-state index is 0.627. The molecule has 0 aliphatic heterocycles. The van der Waals surface area contributed by atoms with Crippen molar-refractivity contribution in [2.45, 2.75) is 27.7 Å². The van der Waals surface area contributed by atoms with E-state index in [1.54, 1.807) is 0 Å². The van der Waals surface area contributed by atoms with Gasteiger partial charge in [-0.1, -0.05) is 72.8 Å². The van der Waals surface area contributed by atoms with Gasteiger partial charge in [-0.2, -0.15) is 0 Å². The zero-order valence-corrected chi connectivity index (χ0v) is 32.5. The molecule has 12 rings (SSSR count). The third-order valence-corrected chi connectivity index (χ3v) is 12.4. The molecule has 0 spiro atoms. The third kappa shape index (κ3) is 4.48. The van der Waals surface area contributed by atoms with E-state index in [0.29, 0.717) is 11.8 Å². The summed E-state index contributed by atoms with van der Waals surface area (Å²) >= 11 is 0. The van der Waals surface area contributed by atoms with Crippen molar-refractivity contribution in [1.82, 2.24) is 19.1 Å². The van der Waals surface area contributed by atoms with Gasteiger partial charge in [0.1, 0.15) is 11.0 Å². The van der Waals surface area contributed by atoms with Crippen molar-refractivity contribution in [2.24, 2.45) is 0 Å². The summed E-state index contributed by atoms with van der Waals surface area (Å²) < 4.78 is 17.2. The highest BCUT2D eigenvalue weighted by Gasteiger charge is 2.26. The Labute approximate surface area is 333 Å². The van der Waals surface area contributed by atoms with Crippen molar-refractivity contribution in [3.8, 4) is 34.3 Å². The maximum absolute atomic E-state index is 6.14. The normalized spacial score (nSPS) is 12.1. The van der Waals surface area contributed by atoms with Crippen LogP contribution in [0.5, 0.6) is 0 Å². The summed E-state index contributed by atoms with van der Waals surface area (Å²) in [5.41, 5.74) is 14.8.